The summed E-state index contributed by atoms with van der Waals surface area (Å²) < 4.78 is 56.3. The van der Waals surface area contributed by atoms with Gasteiger partial charge in [-0.1, -0.05) is 6.92 Å². The summed E-state index contributed by atoms with van der Waals surface area (Å²) in [5.41, 5.74) is -0.427. The summed E-state index contributed by atoms with van der Waals surface area (Å²) in [5, 5.41) is 2.65. The molecule has 1 N–H and O–H groups in total. The number of alkyl halides is 2. The second-order valence-electron chi connectivity index (χ2n) is 11.2. The van der Waals surface area contributed by atoms with E-state index in [2.05, 4.69) is 5.32 Å². The van der Waals surface area contributed by atoms with Gasteiger partial charge in [0.1, 0.15) is 23.2 Å². The van der Waals surface area contributed by atoms with Crippen molar-refractivity contribution in [1.82, 2.24) is 9.88 Å². The van der Waals surface area contributed by atoms with Crippen molar-refractivity contribution in [3.63, 3.8) is 0 Å². The molecular weight excluding hydrogens is 515 g/mol. The summed E-state index contributed by atoms with van der Waals surface area (Å²) in [6.07, 6.45) is -1.41. The van der Waals surface area contributed by atoms with Crippen LogP contribution in [-0.4, -0.2) is 60.8 Å². The van der Waals surface area contributed by atoms with Gasteiger partial charge in [-0.05, 0) is 52.7 Å². The zero-order valence-electron chi connectivity index (χ0n) is 23.2. The quantitative estimate of drug-likeness (QED) is 0.499. The fourth-order valence-electron chi connectivity index (χ4n) is 5.53. The van der Waals surface area contributed by atoms with Crippen LogP contribution in [-0.2, 0) is 15.9 Å². The van der Waals surface area contributed by atoms with E-state index in [0.29, 0.717) is 16.8 Å². The van der Waals surface area contributed by atoms with Crippen LogP contribution in [0.1, 0.15) is 68.7 Å². The Morgan fingerprint density at radius 1 is 1.21 bits per heavy atom. The number of rotatable bonds is 7. The highest BCUT2D eigenvalue weighted by Gasteiger charge is 2.43. The maximum Gasteiger partial charge on any atom is 0.407 e. The lowest BCUT2D eigenvalue weighted by atomic mass is 10.0. The van der Waals surface area contributed by atoms with E-state index in [1.54, 1.807) is 51.0 Å². The number of aryl methyl sites for hydroxylation is 1. The van der Waals surface area contributed by atoms with E-state index in [9.17, 15) is 23.2 Å². The third-order valence-electron chi connectivity index (χ3n) is 7.24. The van der Waals surface area contributed by atoms with Crippen LogP contribution < -0.4 is 15.6 Å². The van der Waals surface area contributed by atoms with Gasteiger partial charge in [0, 0.05) is 36.5 Å². The highest BCUT2D eigenvalue weighted by molar-refractivity contribution is 5.97. The number of nitrogens with zero attached hydrogens (tertiary/aromatic N) is 2. The molecule has 4 rings (SSSR count). The second kappa shape index (κ2) is 10.7. The molecule has 4 atom stereocenters. The summed E-state index contributed by atoms with van der Waals surface area (Å²) in [6, 6.07) is -0.183. The number of aromatic nitrogens is 1. The van der Waals surface area contributed by atoms with Crippen LogP contribution in [0.15, 0.2) is 10.9 Å². The minimum absolute atomic E-state index is 0.0437. The van der Waals surface area contributed by atoms with Gasteiger partial charge in [0.2, 0.25) is 5.43 Å². The van der Waals surface area contributed by atoms with Crippen molar-refractivity contribution < 1.29 is 32.2 Å². The lowest BCUT2D eigenvalue weighted by molar-refractivity contribution is 0.0491. The first-order valence-corrected chi connectivity index (χ1v) is 13.3. The van der Waals surface area contributed by atoms with Crippen LogP contribution in [0.5, 0.6) is 0 Å². The maximum absolute atomic E-state index is 15.8. The molecular formula is C28H36F3N3O5. The number of pyridine rings is 1. The molecule has 0 spiro atoms. The molecule has 2 aromatic rings. The van der Waals surface area contributed by atoms with Crippen molar-refractivity contribution in [3.8, 4) is 0 Å². The predicted molar refractivity (Wildman–Crippen MR) is 142 cm³/mol. The van der Waals surface area contributed by atoms with E-state index in [1.807, 2.05) is 0 Å². The second-order valence-corrected chi connectivity index (χ2v) is 11.2. The van der Waals surface area contributed by atoms with Crippen molar-refractivity contribution in [2.45, 2.75) is 78.2 Å². The van der Waals surface area contributed by atoms with E-state index in [1.165, 1.54) is 0 Å². The van der Waals surface area contributed by atoms with E-state index >= 15 is 4.39 Å². The van der Waals surface area contributed by atoms with Crippen LogP contribution in [0.3, 0.4) is 0 Å². The molecule has 39 heavy (non-hydrogen) atoms. The predicted octanol–water partition coefficient (Wildman–Crippen LogP) is 4.77. The molecule has 0 bridgehead atoms. The first-order valence-electron chi connectivity index (χ1n) is 13.3. The number of carbonyl (C=O) groups is 2. The molecule has 1 aromatic carbocycles. The van der Waals surface area contributed by atoms with E-state index in [4.69, 9.17) is 9.47 Å². The zero-order valence-corrected chi connectivity index (χ0v) is 23.2. The van der Waals surface area contributed by atoms with Gasteiger partial charge >= 0.3 is 12.1 Å². The molecule has 0 unspecified atom stereocenters. The van der Waals surface area contributed by atoms with Crippen molar-refractivity contribution in [2.24, 2.45) is 5.92 Å². The molecule has 0 radical (unpaired) electrons. The highest BCUT2D eigenvalue weighted by atomic mass is 19.1. The Kier molecular flexibility index (Phi) is 7.91. The fraction of sp³-hybridized carbons (Fsp3) is 0.607. The molecule has 1 aromatic heterocycles. The molecule has 11 heteroatoms. The van der Waals surface area contributed by atoms with E-state index < -0.39 is 59.8 Å². The van der Waals surface area contributed by atoms with Gasteiger partial charge in [-0.3, -0.25) is 9.18 Å². The number of halogens is 3. The largest absolute Gasteiger partial charge is 0.462 e. The average Bonchev–Trinajstić information content (AvgIpc) is 3.42. The number of esters is 1. The molecule has 1 amide bonds. The number of ether oxygens (including phenoxy) is 2. The number of fused-ring (bicyclic) bond motifs is 1. The molecule has 1 aliphatic carbocycles. The minimum atomic E-state index is -1.17. The Bertz CT molecular complexity index is 1350. The van der Waals surface area contributed by atoms with Crippen molar-refractivity contribution >= 4 is 28.7 Å². The summed E-state index contributed by atoms with van der Waals surface area (Å²) in [5.74, 6) is -2.18. The van der Waals surface area contributed by atoms with Gasteiger partial charge < -0.3 is 24.3 Å². The Morgan fingerprint density at radius 2 is 1.87 bits per heavy atom. The summed E-state index contributed by atoms with van der Waals surface area (Å²) >= 11 is 0. The summed E-state index contributed by atoms with van der Waals surface area (Å²) in [7, 11) is 0. The molecule has 2 fully saturated rings. The topological polar surface area (TPSA) is 89.9 Å². The van der Waals surface area contributed by atoms with E-state index in [0.717, 1.165) is 6.07 Å². The number of amides is 1. The fourth-order valence-corrected chi connectivity index (χ4v) is 5.53. The Balaban J connectivity index is 1.84. The van der Waals surface area contributed by atoms with E-state index in [-0.39, 0.29) is 49.2 Å². The van der Waals surface area contributed by atoms with Crippen LogP contribution in [0.4, 0.5) is 23.7 Å². The third-order valence-corrected chi connectivity index (χ3v) is 7.24. The molecule has 1 saturated heterocycles. The number of hydrogen-bond acceptors (Lipinski definition) is 6. The minimum Gasteiger partial charge on any atom is -0.462 e. The number of carbonyl (C=O) groups excluding carboxylic acids is 2. The van der Waals surface area contributed by atoms with Crippen LogP contribution in [0.2, 0.25) is 0 Å². The zero-order chi connectivity index (χ0) is 28.8. The number of alkyl carbamates (subject to hydrolysis) is 1. The average molecular weight is 552 g/mol. The van der Waals surface area contributed by atoms with Gasteiger partial charge in [-0.15, -0.1) is 0 Å². The van der Waals surface area contributed by atoms with Gasteiger partial charge in [0.05, 0.1) is 36.6 Å². The normalized spacial score (nSPS) is 22.7. The number of anilines is 1. The first-order chi connectivity index (χ1) is 18.3. The van der Waals surface area contributed by atoms with Crippen LogP contribution in [0, 0.1) is 18.7 Å². The monoisotopic (exact) mass is 551 g/mol. The van der Waals surface area contributed by atoms with Crippen molar-refractivity contribution in [3.05, 3.63) is 38.9 Å². The number of nitrogens with one attached hydrogen (secondary N) is 1. The van der Waals surface area contributed by atoms with Gasteiger partial charge in [-0.2, -0.15) is 0 Å². The maximum atomic E-state index is 15.8. The highest BCUT2D eigenvalue weighted by Crippen LogP contribution is 2.44. The van der Waals surface area contributed by atoms with Gasteiger partial charge in [0.25, 0.3) is 0 Å². The lowest BCUT2D eigenvalue weighted by Crippen LogP contribution is -2.43. The van der Waals surface area contributed by atoms with Gasteiger partial charge in [0.15, 0.2) is 0 Å². The molecule has 214 valence electrons. The first kappa shape index (κ1) is 28.8. The Morgan fingerprint density at radius 3 is 2.41 bits per heavy atom. The van der Waals surface area contributed by atoms with Crippen molar-refractivity contribution in [2.75, 3.05) is 31.3 Å². The third kappa shape index (κ3) is 5.45. The van der Waals surface area contributed by atoms with Crippen molar-refractivity contribution in [1.29, 1.82) is 0 Å². The summed E-state index contributed by atoms with van der Waals surface area (Å²) in [6.45, 7) is 9.67. The Labute approximate surface area is 225 Å². The number of hydrogen-bond donors (Lipinski definition) is 1. The molecule has 1 aliphatic heterocycles. The van der Waals surface area contributed by atoms with Gasteiger partial charge in [-0.25, -0.2) is 18.4 Å². The summed E-state index contributed by atoms with van der Waals surface area (Å²) in [4.78, 5) is 40.3. The number of benzene rings is 1. The SMILES string of the molecule is CCOC(=O)c1c(CC)n([C@@H]2C[C@@H]2F)c2c(C)c(N3C[C@H](CF)[C@H](NC(=O)OC(C)(C)C)C3)c(F)cc2c1=O. The van der Waals surface area contributed by atoms with Crippen LogP contribution >= 0.6 is 0 Å². The lowest BCUT2D eigenvalue weighted by Gasteiger charge is -2.26. The molecule has 2 aliphatic rings. The smallest absolute Gasteiger partial charge is 0.407 e. The Hall–Kier alpha value is -3.24. The standard InChI is InChI=1S/C28H36F3N3O5/c1-7-20-22(26(36)38-8-2)25(35)16-9-18(31)24(14(3)23(16)34(20)21-10-17(21)30)33-12-15(11-29)19(13-33)32-27(37)39-28(4,5)6/h9,15,17,19,21H,7-8,10-13H2,1-6H3,(H,32,37)/t15-,17-,19+,21+/m0/s1. The molecule has 2 heterocycles. The molecule has 1 saturated carbocycles. The van der Waals surface area contributed by atoms with Crippen LogP contribution in [0.25, 0.3) is 10.9 Å². The molecule has 8 nitrogen and oxygen atoms in total.